The Morgan fingerprint density at radius 1 is 0.955 bits per heavy atom. The zero-order chi connectivity index (χ0) is 15.8. The van der Waals surface area contributed by atoms with Gasteiger partial charge in [0.25, 0.3) is 0 Å². The normalized spacial score (nSPS) is 10.4. The van der Waals surface area contributed by atoms with Crippen molar-refractivity contribution in [1.29, 1.82) is 0 Å². The van der Waals surface area contributed by atoms with Crippen molar-refractivity contribution in [2.45, 2.75) is 32.6 Å². The lowest BCUT2D eigenvalue weighted by Gasteiger charge is -2.11. The summed E-state index contributed by atoms with van der Waals surface area (Å²) in [6.07, 6.45) is 4.85. The van der Waals surface area contributed by atoms with Crippen molar-refractivity contribution in [1.82, 2.24) is 0 Å². The molecular formula is C18H25N3O. The van der Waals surface area contributed by atoms with E-state index in [2.05, 4.69) is 12.2 Å². The maximum atomic E-state index is 5.94. The van der Waals surface area contributed by atoms with E-state index in [4.69, 9.17) is 16.2 Å². The Hall–Kier alpha value is -2.36. The predicted octanol–water partition coefficient (Wildman–Crippen LogP) is 4.55. The van der Waals surface area contributed by atoms with Crippen LogP contribution in [0.15, 0.2) is 42.5 Å². The number of hydrogen-bond donors (Lipinski definition) is 3. The van der Waals surface area contributed by atoms with E-state index >= 15 is 0 Å². The summed E-state index contributed by atoms with van der Waals surface area (Å²) in [5, 5.41) is 3.27. The summed E-state index contributed by atoms with van der Waals surface area (Å²) in [7, 11) is 0. The van der Waals surface area contributed by atoms with Gasteiger partial charge >= 0.3 is 0 Å². The number of rotatable bonds is 8. The van der Waals surface area contributed by atoms with Gasteiger partial charge in [0.15, 0.2) is 0 Å². The van der Waals surface area contributed by atoms with Crippen LogP contribution in [-0.2, 0) is 0 Å². The molecule has 0 fully saturated rings. The van der Waals surface area contributed by atoms with Crippen molar-refractivity contribution >= 4 is 22.7 Å². The molecule has 0 aliphatic heterocycles. The summed E-state index contributed by atoms with van der Waals surface area (Å²) in [5.74, 6) is 0.896. The Balaban J connectivity index is 1.86. The number of unbranched alkanes of at least 4 members (excludes halogenated alkanes) is 3. The zero-order valence-corrected chi connectivity index (χ0v) is 13.1. The predicted molar refractivity (Wildman–Crippen MR) is 94.6 cm³/mol. The summed E-state index contributed by atoms with van der Waals surface area (Å²) in [5.41, 5.74) is 14.7. The molecule has 2 rings (SSSR count). The highest BCUT2D eigenvalue weighted by Gasteiger charge is 2.01. The van der Waals surface area contributed by atoms with Crippen molar-refractivity contribution in [2.24, 2.45) is 0 Å². The van der Waals surface area contributed by atoms with Gasteiger partial charge in [0, 0.05) is 11.4 Å². The van der Waals surface area contributed by atoms with E-state index in [1.54, 1.807) is 6.07 Å². The van der Waals surface area contributed by atoms with Crippen LogP contribution in [0.1, 0.15) is 32.6 Å². The Morgan fingerprint density at radius 2 is 1.73 bits per heavy atom. The first kappa shape index (κ1) is 16.0. The Morgan fingerprint density at radius 3 is 2.41 bits per heavy atom. The first-order valence-corrected chi connectivity index (χ1v) is 7.84. The highest BCUT2D eigenvalue weighted by atomic mass is 16.5. The van der Waals surface area contributed by atoms with Gasteiger partial charge in [-0.3, -0.25) is 0 Å². The van der Waals surface area contributed by atoms with Gasteiger partial charge in [0.2, 0.25) is 0 Å². The number of nitrogen functional groups attached to an aromatic ring is 2. The fourth-order valence-corrected chi connectivity index (χ4v) is 2.20. The molecule has 22 heavy (non-hydrogen) atoms. The second-order valence-corrected chi connectivity index (χ2v) is 5.41. The second kappa shape index (κ2) is 8.17. The minimum absolute atomic E-state index is 0.635. The average molecular weight is 299 g/mol. The van der Waals surface area contributed by atoms with E-state index in [9.17, 15) is 0 Å². The second-order valence-electron chi connectivity index (χ2n) is 5.41. The molecule has 0 amide bonds. The average Bonchev–Trinajstić information content (AvgIpc) is 2.51. The maximum absolute atomic E-state index is 5.94. The third-order valence-corrected chi connectivity index (χ3v) is 3.48. The molecule has 0 heterocycles. The summed E-state index contributed by atoms with van der Waals surface area (Å²) in [4.78, 5) is 0. The number of nitrogens with two attached hydrogens (primary N) is 2. The lowest BCUT2D eigenvalue weighted by molar-refractivity contribution is 0.305. The zero-order valence-electron chi connectivity index (χ0n) is 13.1. The van der Waals surface area contributed by atoms with Gasteiger partial charge in [-0.2, -0.15) is 0 Å². The van der Waals surface area contributed by atoms with Crippen molar-refractivity contribution in [3.05, 3.63) is 42.5 Å². The van der Waals surface area contributed by atoms with Crippen LogP contribution in [0.2, 0.25) is 0 Å². The number of ether oxygens (including phenoxy) is 1. The minimum Gasteiger partial charge on any atom is -0.494 e. The molecule has 0 radical (unpaired) electrons. The van der Waals surface area contributed by atoms with Crippen LogP contribution < -0.4 is 21.5 Å². The molecule has 0 spiro atoms. The van der Waals surface area contributed by atoms with Crippen molar-refractivity contribution in [3.63, 3.8) is 0 Å². The van der Waals surface area contributed by atoms with Gasteiger partial charge in [-0.25, -0.2) is 0 Å². The lowest BCUT2D eigenvalue weighted by Crippen LogP contribution is -1.99. The minimum atomic E-state index is 0.635. The summed E-state index contributed by atoms with van der Waals surface area (Å²) in [6, 6.07) is 13.4. The lowest BCUT2D eigenvalue weighted by atomic mass is 10.2. The van der Waals surface area contributed by atoms with Crippen LogP contribution in [0, 0.1) is 0 Å². The SMILES string of the molecule is CCCCCCOc1ccc(Nc2ccc(N)cc2N)cc1. The van der Waals surface area contributed by atoms with Crippen LogP contribution in [0.3, 0.4) is 0 Å². The molecule has 2 aromatic carbocycles. The molecule has 0 unspecified atom stereocenters. The molecule has 0 atom stereocenters. The Bertz CT molecular complexity index is 581. The topological polar surface area (TPSA) is 73.3 Å². The smallest absolute Gasteiger partial charge is 0.119 e. The molecule has 4 nitrogen and oxygen atoms in total. The number of hydrogen-bond acceptors (Lipinski definition) is 4. The molecule has 0 aromatic heterocycles. The quantitative estimate of drug-likeness (QED) is 0.493. The fourth-order valence-electron chi connectivity index (χ4n) is 2.20. The van der Waals surface area contributed by atoms with Crippen LogP contribution in [0.25, 0.3) is 0 Å². The molecule has 4 heteroatoms. The van der Waals surface area contributed by atoms with E-state index in [-0.39, 0.29) is 0 Å². The van der Waals surface area contributed by atoms with Crippen molar-refractivity contribution in [2.75, 3.05) is 23.4 Å². The molecular weight excluding hydrogens is 274 g/mol. The molecule has 0 aliphatic carbocycles. The monoisotopic (exact) mass is 299 g/mol. The summed E-state index contributed by atoms with van der Waals surface area (Å²) in [6.45, 7) is 2.98. The largest absolute Gasteiger partial charge is 0.494 e. The first-order chi connectivity index (χ1) is 10.7. The Kier molecular flexibility index (Phi) is 5.95. The van der Waals surface area contributed by atoms with Crippen LogP contribution >= 0.6 is 0 Å². The van der Waals surface area contributed by atoms with Crippen LogP contribution in [-0.4, -0.2) is 6.61 Å². The van der Waals surface area contributed by atoms with Crippen molar-refractivity contribution in [3.8, 4) is 5.75 Å². The maximum Gasteiger partial charge on any atom is 0.119 e. The third-order valence-electron chi connectivity index (χ3n) is 3.48. The van der Waals surface area contributed by atoms with Crippen LogP contribution in [0.4, 0.5) is 22.7 Å². The third kappa shape index (κ3) is 4.88. The molecule has 5 N–H and O–H groups in total. The molecule has 0 aliphatic rings. The van der Waals surface area contributed by atoms with Gasteiger partial charge in [0.05, 0.1) is 18.0 Å². The van der Waals surface area contributed by atoms with Gasteiger partial charge in [0.1, 0.15) is 5.75 Å². The van der Waals surface area contributed by atoms with Gasteiger partial charge in [-0.15, -0.1) is 0 Å². The number of nitrogens with one attached hydrogen (secondary N) is 1. The van der Waals surface area contributed by atoms with E-state index in [0.29, 0.717) is 11.4 Å². The van der Waals surface area contributed by atoms with Crippen molar-refractivity contribution < 1.29 is 4.74 Å². The fraction of sp³-hybridized carbons (Fsp3) is 0.333. The summed E-state index contributed by atoms with van der Waals surface area (Å²) >= 11 is 0. The molecule has 0 saturated heterocycles. The molecule has 118 valence electrons. The first-order valence-electron chi connectivity index (χ1n) is 7.84. The highest BCUT2D eigenvalue weighted by Crippen LogP contribution is 2.26. The van der Waals surface area contributed by atoms with Gasteiger partial charge < -0.3 is 21.5 Å². The highest BCUT2D eigenvalue weighted by molar-refractivity contribution is 5.75. The number of benzene rings is 2. The number of anilines is 4. The van der Waals surface area contributed by atoms with E-state index in [1.165, 1.54) is 19.3 Å². The molecule has 0 saturated carbocycles. The summed E-state index contributed by atoms with van der Waals surface area (Å²) < 4.78 is 5.73. The van der Waals surface area contributed by atoms with Gasteiger partial charge in [-0.05, 0) is 48.9 Å². The van der Waals surface area contributed by atoms with E-state index in [1.807, 2.05) is 36.4 Å². The molecule has 2 aromatic rings. The molecule has 0 bridgehead atoms. The Labute approximate surface area is 132 Å². The standard InChI is InChI=1S/C18H25N3O/c1-2-3-4-5-12-22-16-9-7-15(8-10-16)21-18-11-6-14(19)13-17(18)20/h6-11,13,21H,2-5,12,19-20H2,1H3. The van der Waals surface area contributed by atoms with Crippen LogP contribution in [0.5, 0.6) is 5.75 Å². The van der Waals surface area contributed by atoms with E-state index in [0.717, 1.165) is 30.2 Å². The van der Waals surface area contributed by atoms with E-state index < -0.39 is 0 Å². The van der Waals surface area contributed by atoms with Gasteiger partial charge in [-0.1, -0.05) is 26.2 Å².